The molecule has 0 radical (unpaired) electrons. The number of hydrogen-bond acceptors (Lipinski definition) is 6. The number of carbonyl (C=O) groups is 2. The lowest BCUT2D eigenvalue weighted by molar-refractivity contribution is -0.122. The van der Waals surface area contributed by atoms with Crippen molar-refractivity contribution in [1.82, 2.24) is 5.16 Å². The first kappa shape index (κ1) is 18.5. The van der Waals surface area contributed by atoms with Crippen molar-refractivity contribution in [2.24, 2.45) is 0 Å². The molecule has 2 aromatic carbocycles. The van der Waals surface area contributed by atoms with Crippen molar-refractivity contribution in [3.05, 3.63) is 65.9 Å². The molecular formula is C21H20N4O4. The van der Waals surface area contributed by atoms with Gasteiger partial charge in [0.15, 0.2) is 11.9 Å². The number of rotatable bonds is 5. The van der Waals surface area contributed by atoms with Crippen LogP contribution >= 0.6 is 0 Å². The maximum Gasteiger partial charge on any atom is 0.265 e. The summed E-state index contributed by atoms with van der Waals surface area (Å²) in [5, 5.41) is 12.6. The topological polar surface area (TPSA) is 105 Å². The molecule has 3 N–H and O–H groups in total. The number of nitrogens with zero attached hydrogens (tertiary/aromatic N) is 1. The van der Waals surface area contributed by atoms with Gasteiger partial charge in [0.1, 0.15) is 17.6 Å². The first-order valence-electron chi connectivity index (χ1n) is 9.17. The Morgan fingerprint density at radius 1 is 1.17 bits per heavy atom. The fourth-order valence-electron chi connectivity index (χ4n) is 3.03. The van der Waals surface area contributed by atoms with Crippen molar-refractivity contribution in [1.29, 1.82) is 0 Å². The average molecular weight is 392 g/mol. The van der Waals surface area contributed by atoms with E-state index in [2.05, 4.69) is 21.1 Å². The van der Waals surface area contributed by atoms with Gasteiger partial charge in [0.25, 0.3) is 11.8 Å². The normalized spacial score (nSPS) is 16.2. The Bertz CT molecular complexity index is 1050. The zero-order chi connectivity index (χ0) is 20.4. The lowest BCUT2D eigenvalue weighted by atomic mass is 10.1. The predicted octanol–water partition coefficient (Wildman–Crippen LogP) is 3.49. The third kappa shape index (κ3) is 4.06. The zero-order valence-corrected chi connectivity index (χ0v) is 15.9. The van der Waals surface area contributed by atoms with Gasteiger partial charge in [-0.1, -0.05) is 35.5 Å². The van der Waals surface area contributed by atoms with Crippen LogP contribution in [0.5, 0.6) is 5.75 Å². The monoisotopic (exact) mass is 392 g/mol. The molecule has 0 spiro atoms. The Hall–Kier alpha value is -3.81. The van der Waals surface area contributed by atoms with E-state index in [4.69, 9.17) is 9.26 Å². The molecule has 0 bridgehead atoms. The summed E-state index contributed by atoms with van der Waals surface area (Å²) in [4.78, 5) is 24.8. The van der Waals surface area contributed by atoms with Crippen LogP contribution in [0.3, 0.4) is 0 Å². The number of amides is 2. The van der Waals surface area contributed by atoms with Crippen molar-refractivity contribution in [2.75, 3.05) is 16.0 Å². The van der Waals surface area contributed by atoms with E-state index in [9.17, 15) is 9.59 Å². The number of aryl methyl sites for hydroxylation is 1. The molecule has 8 nitrogen and oxygen atoms in total. The molecule has 148 valence electrons. The summed E-state index contributed by atoms with van der Waals surface area (Å²) in [5.74, 6) is 1.02. The van der Waals surface area contributed by atoms with E-state index in [1.54, 1.807) is 38.1 Å². The quantitative estimate of drug-likeness (QED) is 0.614. The summed E-state index contributed by atoms with van der Waals surface area (Å²) >= 11 is 0. The third-order valence-corrected chi connectivity index (χ3v) is 4.50. The number of hydrogen-bond donors (Lipinski definition) is 3. The lowest BCUT2D eigenvalue weighted by Gasteiger charge is -2.25. The fourth-order valence-corrected chi connectivity index (χ4v) is 3.03. The van der Waals surface area contributed by atoms with Crippen LogP contribution < -0.4 is 20.7 Å². The maximum atomic E-state index is 13.0. The van der Waals surface area contributed by atoms with Crippen LogP contribution in [0.15, 0.2) is 59.1 Å². The van der Waals surface area contributed by atoms with Gasteiger partial charge in [-0.15, -0.1) is 0 Å². The van der Waals surface area contributed by atoms with Crippen LogP contribution in [0.4, 0.5) is 17.2 Å². The van der Waals surface area contributed by atoms with Crippen LogP contribution in [-0.2, 0) is 9.59 Å². The highest BCUT2D eigenvalue weighted by atomic mass is 16.5. The highest BCUT2D eigenvalue weighted by Crippen LogP contribution is 2.33. The molecule has 1 aliphatic rings. The van der Waals surface area contributed by atoms with Crippen LogP contribution in [0, 0.1) is 6.92 Å². The molecule has 0 saturated carbocycles. The Labute approximate surface area is 167 Å². The Balaban J connectivity index is 1.60. The van der Waals surface area contributed by atoms with Crippen LogP contribution in [-0.4, -0.2) is 23.1 Å². The van der Waals surface area contributed by atoms with Gasteiger partial charge in [0, 0.05) is 11.8 Å². The van der Waals surface area contributed by atoms with Gasteiger partial charge in [0.05, 0.1) is 5.69 Å². The second-order valence-corrected chi connectivity index (χ2v) is 6.76. The summed E-state index contributed by atoms with van der Waals surface area (Å²) in [6.45, 7) is 3.44. The molecule has 2 heterocycles. The maximum absolute atomic E-state index is 13.0. The minimum atomic E-state index is -0.689. The predicted molar refractivity (Wildman–Crippen MR) is 108 cm³/mol. The minimum absolute atomic E-state index is 0.214. The summed E-state index contributed by atoms with van der Waals surface area (Å²) in [6.07, 6.45) is -0.546. The second-order valence-electron chi connectivity index (χ2n) is 6.76. The number of ether oxygens (including phenoxy) is 1. The van der Waals surface area contributed by atoms with Crippen molar-refractivity contribution < 1.29 is 18.8 Å². The molecule has 0 saturated heterocycles. The smallest absolute Gasteiger partial charge is 0.265 e. The van der Waals surface area contributed by atoms with Crippen molar-refractivity contribution in [3.63, 3.8) is 0 Å². The first-order valence-corrected chi connectivity index (χ1v) is 9.17. The summed E-state index contributed by atoms with van der Waals surface area (Å²) in [5.41, 5.74) is 1.98. The number of anilines is 3. The summed E-state index contributed by atoms with van der Waals surface area (Å²) in [6, 6.07) is 15.6. The zero-order valence-electron chi connectivity index (χ0n) is 15.9. The van der Waals surface area contributed by atoms with E-state index >= 15 is 0 Å². The molecule has 2 amide bonds. The number of nitrogens with one attached hydrogen (secondary N) is 3. The lowest BCUT2D eigenvalue weighted by Crippen LogP contribution is -2.34. The Kier molecular flexibility index (Phi) is 4.90. The standard InChI is InChI=1S/C21H20N4O4/c1-12-10-18(25-29-12)24-21(27)19(14-6-4-3-5-7-14)22-15-8-9-17-16(11-15)23-20(26)13(2)28-17/h3-11,13,19,22H,1-2H3,(H,23,26)(H,24,25,27)/t13-,19-/m1/s1. The third-order valence-electron chi connectivity index (χ3n) is 4.50. The van der Waals surface area contributed by atoms with Gasteiger partial charge in [-0.25, -0.2) is 0 Å². The molecule has 2 atom stereocenters. The van der Waals surface area contributed by atoms with Crippen LogP contribution in [0.2, 0.25) is 0 Å². The first-order chi connectivity index (χ1) is 14.0. The molecule has 0 fully saturated rings. The molecule has 0 aliphatic carbocycles. The summed E-state index contributed by atoms with van der Waals surface area (Å²) < 4.78 is 10.6. The van der Waals surface area contributed by atoms with E-state index in [-0.39, 0.29) is 11.8 Å². The van der Waals surface area contributed by atoms with E-state index in [1.165, 1.54) is 0 Å². The van der Waals surface area contributed by atoms with Crippen molar-refractivity contribution in [2.45, 2.75) is 26.0 Å². The fraction of sp³-hybridized carbons (Fsp3) is 0.190. The highest BCUT2D eigenvalue weighted by molar-refractivity contribution is 5.99. The van der Waals surface area contributed by atoms with E-state index < -0.39 is 12.1 Å². The minimum Gasteiger partial charge on any atom is -0.479 e. The number of benzene rings is 2. The molecule has 1 aromatic heterocycles. The molecule has 4 rings (SSSR count). The molecule has 1 aliphatic heterocycles. The van der Waals surface area contributed by atoms with Gasteiger partial charge >= 0.3 is 0 Å². The average Bonchev–Trinajstić information content (AvgIpc) is 3.12. The van der Waals surface area contributed by atoms with Crippen LogP contribution in [0.1, 0.15) is 24.3 Å². The van der Waals surface area contributed by atoms with Gasteiger partial charge in [-0.05, 0) is 37.6 Å². The SMILES string of the molecule is Cc1cc(NC(=O)[C@H](Nc2ccc3c(c2)NC(=O)[C@@H](C)O3)c2ccccc2)no1. The summed E-state index contributed by atoms with van der Waals surface area (Å²) in [7, 11) is 0. The van der Waals surface area contributed by atoms with Gasteiger partial charge in [0.2, 0.25) is 0 Å². The molecule has 29 heavy (non-hydrogen) atoms. The Morgan fingerprint density at radius 3 is 2.69 bits per heavy atom. The number of aromatic nitrogens is 1. The van der Waals surface area contributed by atoms with Gasteiger partial charge in [-0.2, -0.15) is 0 Å². The van der Waals surface area contributed by atoms with E-state index in [1.807, 2.05) is 30.3 Å². The highest BCUT2D eigenvalue weighted by Gasteiger charge is 2.25. The van der Waals surface area contributed by atoms with Crippen molar-refractivity contribution >= 4 is 29.0 Å². The Morgan fingerprint density at radius 2 is 1.97 bits per heavy atom. The van der Waals surface area contributed by atoms with Gasteiger partial charge < -0.3 is 25.2 Å². The number of fused-ring (bicyclic) bond motifs is 1. The molecule has 3 aromatic rings. The molecule has 8 heteroatoms. The second kappa shape index (κ2) is 7.67. The van der Waals surface area contributed by atoms with Crippen molar-refractivity contribution in [3.8, 4) is 5.75 Å². The number of carbonyl (C=O) groups excluding carboxylic acids is 2. The van der Waals surface area contributed by atoms with Gasteiger partial charge in [-0.3, -0.25) is 9.59 Å². The largest absolute Gasteiger partial charge is 0.479 e. The van der Waals surface area contributed by atoms with E-state index in [0.29, 0.717) is 28.7 Å². The molecule has 0 unspecified atom stereocenters. The molecular weight excluding hydrogens is 372 g/mol. The van der Waals surface area contributed by atoms with E-state index in [0.717, 1.165) is 5.56 Å². The van der Waals surface area contributed by atoms with Crippen LogP contribution in [0.25, 0.3) is 0 Å².